The lowest BCUT2D eigenvalue weighted by molar-refractivity contribution is 0.0714. The standard InChI is InChI=1S/C17H16FN3O2/c1-12-9-15(14(18)10-13(12)11-19)20-4-6-21(7-5-20)17(22)16-3-2-8-23-16/h2-3,8-10H,4-7H2,1H3. The third-order valence-corrected chi connectivity index (χ3v) is 4.05. The zero-order valence-corrected chi connectivity index (χ0v) is 12.8. The van der Waals surface area contributed by atoms with E-state index in [4.69, 9.17) is 9.68 Å². The molecule has 0 atom stereocenters. The van der Waals surface area contributed by atoms with Crippen LogP contribution in [0.25, 0.3) is 0 Å². The number of nitriles is 1. The molecule has 0 N–H and O–H groups in total. The van der Waals surface area contributed by atoms with Crippen LogP contribution in [0.4, 0.5) is 10.1 Å². The summed E-state index contributed by atoms with van der Waals surface area (Å²) < 4.78 is 19.3. The number of hydrogen-bond donors (Lipinski definition) is 0. The molecule has 1 fully saturated rings. The Bertz CT molecular complexity index is 757. The zero-order chi connectivity index (χ0) is 16.4. The van der Waals surface area contributed by atoms with Gasteiger partial charge in [0.15, 0.2) is 5.76 Å². The van der Waals surface area contributed by atoms with Crippen LogP contribution in [-0.4, -0.2) is 37.0 Å². The molecular weight excluding hydrogens is 297 g/mol. The number of carbonyl (C=O) groups is 1. The first-order valence-electron chi connectivity index (χ1n) is 7.38. The van der Waals surface area contributed by atoms with Gasteiger partial charge in [0.2, 0.25) is 0 Å². The Morgan fingerprint density at radius 1 is 1.30 bits per heavy atom. The molecule has 0 saturated carbocycles. The number of carbonyl (C=O) groups excluding carboxylic acids is 1. The molecule has 0 bridgehead atoms. The van der Waals surface area contributed by atoms with E-state index in [-0.39, 0.29) is 5.91 Å². The molecule has 1 saturated heterocycles. The van der Waals surface area contributed by atoms with Crippen molar-refractivity contribution in [3.63, 3.8) is 0 Å². The van der Waals surface area contributed by atoms with Crippen molar-refractivity contribution in [2.45, 2.75) is 6.92 Å². The third-order valence-electron chi connectivity index (χ3n) is 4.05. The smallest absolute Gasteiger partial charge is 0.289 e. The van der Waals surface area contributed by atoms with Crippen molar-refractivity contribution in [3.8, 4) is 6.07 Å². The van der Waals surface area contributed by atoms with Crippen LogP contribution in [0.1, 0.15) is 21.7 Å². The highest BCUT2D eigenvalue weighted by Crippen LogP contribution is 2.25. The molecule has 118 valence electrons. The number of rotatable bonds is 2. The van der Waals surface area contributed by atoms with Crippen molar-refractivity contribution in [2.24, 2.45) is 0 Å². The summed E-state index contributed by atoms with van der Waals surface area (Å²) in [6.45, 7) is 3.86. The first-order chi connectivity index (χ1) is 11.1. The lowest BCUT2D eigenvalue weighted by Gasteiger charge is -2.36. The Balaban J connectivity index is 1.71. The number of hydrogen-bond acceptors (Lipinski definition) is 4. The maximum atomic E-state index is 14.2. The van der Waals surface area contributed by atoms with Crippen LogP contribution in [0, 0.1) is 24.1 Å². The maximum absolute atomic E-state index is 14.2. The summed E-state index contributed by atoms with van der Waals surface area (Å²) in [7, 11) is 0. The molecule has 3 rings (SSSR count). The number of halogens is 1. The number of benzene rings is 1. The molecule has 1 aromatic heterocycles. The SMILES string of the molecule is Cc1cc(N2CCN(C(=O)c3ccco3)CC2)c(F)cc1C#N. The second kappa shape index (κ2) is 6.13. The van der Waals surface area contributed by atoms with Crippen molar-refractivity contribution in [3.05, 3.63) is 53.2 Å². The van der Waals surface area contributed by atoms with Crippen LogP contribution in [0.2, 0.25) is 0 Å². The van der Waals surface area contributed by atoms with Crippen molar-refractivity contribution >= 4 is 11.6 Å². The largest absolute Gasteiger partial charge is 0.459 e. The summed E-state index contributed by atoms with van der Waals surface area (Å²) in [4.78, 5) is 15.8. The summed E-state index contributed by atoms with van der Waals surface area (Å²) >= 11 is 0. The minimum Gasteiger partial charge on any atom is -0.459 e. The quantitative estimate of drug-likeness (QED) is 0.855. The minimum atomic E-state index is -0.405. The van der Waals surface area contributed by atoms with Crippen LogP contribution >= 0.6 is 0 Å². The molecule has 2 heterocycles. The number of amides is 1. The molecular formula is C17H16FN3O2. The fourth-order valence-electron chi connectivity index (χ4n) is 2.74. The van der Waals surface area contributed by atoms with Crippen LogP contribution in [0.5, 0.6) is 0 Å². The zero-order valence-electron chi connectivity index (χ0n) is 12.8. The first-order valence-corrected chi connectivity index (χ1v) is 7.38. The molecule has 5 nitrogen and oxygen atoms in total. The molecule has 1 aliphatic heterocycles. The summed E-state index contributed by atoms with van der Waals surface area (Å²) in [5.41, 5.74) is 1.57. The predicted octanol–water partition coefficient (Wildman–Crippen LogP) is 2.56. The van der Waals surface area contributed by atoms with Crippen molar-refractivity contribution < 1.29 is 13.6 Å². The van der Waals surface area contributed by atoms with E-state index in [0.29, 0.717) is 43.2 Å². The summed E-state index contributed by atoms with van der Waals surface area (Å²) in [6, 6.07) is 8.26. The average molecular weight is 313 g/mol. The van der Waals surface area contributed by atoms with E-state index >= 15 is 0 Å². The van der Waals surface area contributed by atoms with Gasteiger partial charge in [-0.3, -0.25) is 4.79 Å². The van der Waals surface area contributed by atoms with E-state index in [1.54, 1.807) is 30.0 Å². The Hall–Kier alpha value is -2.81. The van der Waals surface area contributed by atoms with E-state index in [1.165, 1.54) is 12.3 Å². The Kier molecular flexibility index (Phi) is 4.02. The second-order valence-corrected chi connectivity index (χ2v) is 5.49. The molecule has 0 spiro atoms. The first kappa shape index (κ1) is 15.1. The number of furan rings is 1. The summed E-state index contributed by atoms with van der Waals surface area (Å²) in [6.07, 6.45) is 1.47. The molecule has 1 amide bonds. The van der Waals surface area contributed by atoms with Gasteiger partial charge in [0.1, 0.15) is 5.82 Å². The highest BCUT2D eigenvalue weighted by Gasteiger charge is 2.25. The van der Waals surface area contributed by atoms with E-state index in [2.05, 4.69) is 0 Å². The number of anilines is 1. The van der Waals surface area contributed by atoms with E-state index in [0.717, 1.165) is 5.56 Å². The fraction of sp³-hybridized carbons (Fsp3) is 0.294. The normalized spacial score (nSPS) is 14.7. The molecule has 0 unspecified atom stereocenters. The number of piperazine rings is 1. The molecule has 23 heavy (non-hydrogen) atoms. The lowest BCUT2D eigenvalue weighted by Crippen LogP contribution is -2.49. The van der Waals surface area contributed by atoms with Gasteiger partial charge in [-0.1, -0.05) is 0 Å². The van der Waals surface area contributed by atoms with Gasteiger partial charge in [-0.15, -0.1) is 0 Å². The van der Waals surface area contributed by atoms with E-state index in [9.17, 15) is 9.18 Å². The van der Waals surface area contributed by atoms with Gasteiger partial charge < -0.3 is 14.2 Å². The van der Waals surface area contributed by atoms with Gasteiger partial charge in [0.05, 0.1) is 23.6 Å². The highest BCUT2D eigenvalue weighted by molar-refractivity contribution is 5.91. The van der Waals surface area contributed by atoms with Gasteiger partial charge >= 0.3 is 0 Å². The van der Waals surface area contributed by atoms with Crippen LogP contribution in [0.15, 0.2) is 34.9 Å². The summed E-state index contributed by atoms with van der Waals surface area (Å²) in [5.74, 6) is -0.233. The van der Waals surface area contributed by atoms with Gasteiger partial charge in [-0.2, -0.15) is 5.26 Å². The molecule has 0 radical (unpaired) electrons. The predicted molar refractivity (Wildman–Crippen MR) is 82.7 cm³/mol. The Morgan fingerprint density at radius 2 is 2.04 bits per heavy atom. The molecule has 0 aliphatic carbocycles. The average Bonchev–Trinajstić information content (AvgIpc) is 3.10. The van der Waals surface area contributed by atoms with Gasteiger partial charge in [0.25, 0.3) is 5.91 Å². The van der Waals surface area contributed by atoms with Gasteiger partial charge in [-0.25, -0.2) is 4.39 Å². The second-order valence-electron chi connectivity index (χ2n) is 5.49. The monoisotopic (exact) mass is 313 g/mol. The highest BCUT2D eigenvalue weighted by atomic mass is 19.1. The molecule has 1 aromatic carbocycles. The molecule has 1 aliphatic rings. The number of nitrogens with zero attached hydrogens (tertiary/aromatic N) is 3. The summed E-state index contributed by atoms with van der Waals surface area (Å²) in [5, 5.41) is 8.95. The van der Waals surface area contributed by atoms with Crippen LogP contribution < -0.4 is 4.90 Å². The van der Waals surface area contributed by atoms with Crippen molar-refractivity contribution in [1.29, 1.82) is 5.26 Å². The Morgan fingerprint density at radius 3 is 2.65 bits per heavy atom. The van der Waals surface area contributed by atoms with Crippen LogP contribution in [0.3, 0.4) is 0 Å². The number of aryl methyl sites for hydroxylation is 1. The van der Waals surface area contributed by atoms with Crippen molar-refractivity contribution in [1.82, 2.24) is 4.90 Å². The molecule has 2 aromatic rings. The topological polar surface area (TPSA) is 60.5 Å². The lowest BCUT2D eigenvalue weighted by atomic mass is 10.1. The van der Waals surface area contributed by atoms with Crippen molar-refractivity contribution in [2.75, 3.05) is 31.1 Å². The molecule has 6 heteroatoms. The minimum absolute atomic E-state index is 0.147. The fourth-order valence-corrected chi connectivity index (χ4v) is 2.74. The van der Waals surface area contributed by atoms with Gasteiger partial charge in [-0.05, 0) is 36.8 Å². The van der Waals surface area contributed by atoms with E-state index < -0.39 is 5.82 Å². The Labute approximate surface area is 133 Å². The van der Waals surface area contributed by atoms with E-state index in [1.807, 2.05) is 11.0 Å². The third kappa shape index (κ3) is 2.90. The van der Waals surface area contributed by atoms with Gasteiger partial charge in [0, 0.05) is 26.2 Å². The van der Waals surface area contributed by atoms with Crippen LogP contribution in [-0.2, 0) is 0 Å². The maximum Gasteiger partial charge on any atom is 0.289 e.